The van der Waals surface area contributed by atoms with Crippen molar-refractivity contribution in [3.8, 4) is 11.5 Å². The SMILES string of the molecule is CN(CC1COc2ccccc2O1)C(=O)c1nccc2ccccc12. The molecule has 0 N–H and O–H groups in total. The summed E-state index contributed by atoms with van der Waals surface area (Å²) in [4.78, 5) is 18.8. The molecule has 1 aliphatic rings. The molecule has 126 valence electrons. The molecule has 5 nitrogen and oxygen atoms in total. The van der Waals surface area contributed by atoms with Crippen molar-refractivity contribution in [2.75, 3.05) is 20.2 Å². The lowest BCUT2D eigenvalue weighted by molar-refractivity contribution is 0.0518. The molecule has 0 bridgehead atoms. The minimum atomic E-state index is -0.209. The van der Waals surface area contributed by atoms with Crippen molar-refractivity contribution in [2.45, 2.75) is 6.10 Å². The molecule has 2 aromatic carbocycles. The fraction of sp³-hybridized carbons (Fsp3) is 0.200. The maximum absolute atomic E-state index is 12.8. The number of amides is 1. The maximum Gasteiger partial charge on any atom is 0.272 e. The fourth-order valence-corrected chi connectivity index (χ4v) is 3.01. The van der Waals surface area contributed by atoms with E-state index in [-0.39, 0.29) is 12.0 Å². The highest BCUT2D eigenvalue weighted by Crippen LogP contribution is 2.31. The van der Waals surface area contributed by atoms with Crippen LogP contribution in [-0.2, 0) is 0 Å². The number of rotatable bonds is 3. The number of hydrogen-bond donors (Lipinski definition) is 0. The number of pyridine rings is 1. The van der Waals surface area contributed by atoms with Gasteiger partial charge in [-0.05, 0) is 23.6 Å². The summed E-state index contributed by atoms with van der Waals surface area (Å²) in [6.45, 7) is 0.843. The fourth-order valence-electron chi connectivity index (χ4n) is 3.01. The van der Waals surface area contributed by atoms with E-state index in [9.17, 15) is 4.79 Å². The number of likely N-dealkylation sites (N-methyl/N-ethyl adjacent to an activating group) is 1. The Hall–Kier alpha value is -3.08. The Bertz CT molecular complexity index is 920. The van der Waals surface area contributed by atoms with Crippen molar-refractivity contribution in [1.82, 2.24) is 9.88 Å². The Labute approximate surface area is 145 Å². The van der Waals surface area contributed by atoms with Gasteiger partial charge in [0.05, 0.1) is 6.54 Å². The smallest absolute Gasteiger partial charge is 0.272 e. The van der Waals surface area contributed by atoms with E-state index in [1.165, 1.54) is 0 Å². The third-order valence-electron chi connectivity index (χ3n) is 4.27. The van der Waals surface area contributed by atoms with E-state index in [0.29, 0.717) is 24.6 Å². The quantitative estimate of drug-likeness (QED) is 0.738. The second-order valence-electron chi connectivity index (χ2n) is 6.06. The van der Waals surface area contributed by atoms with E-state index >= 15 is 0 Å². The Morgan fingerprint density at radius 3 is 2.76 bits per heavy atom. The van der Waals surface area contributed by atoms with Crippen LogP contribution in [-0.4, -0.2) is 42.1 Å². The zero-order valence-electron chi connectivity index (χ0n) is 13.9. The van der Waals surface area contributed by atoms with Crippen LogP contribution in [0.5, 0.6) is 11.5 Å². The summed E-state index contributed by atoms with van der Waals surface area (Å²) in [6, 6.07) is 17.2. The number of para-hydroxylation sites is 2. The summed E-state index contributed by atoms with van der Waals surface area (Å²) < 4.78 is 11.7. The van der Waals surface area contributed by atoms with Gasteiger partial charge in [0.25, 0.3) is 5.91 Å². The molecule has 0 saturated carbocycles. The Balaban J connectivity index is 1.51. The van der Waals surface area contributed by atoms with Gasteiger partial charge in [0.15, 0.2) is 17.6 Å². The molecule has 1 aromatic heterocycles. The molecule has 4 rings (SSSR count). The van der Waals surface area contributed by atoms with Gasteiger partial charge in [-0.2, -0.15) is 0 Å². The monoisotopic (exact) mass is 334 g/mol. The van der Waals surface area contributed by atoms with Crippen LogP contribution in [0.4, 0.5) is 0 Å². The summed E-state index contributed by atoms with van der Waals surface area (Å²) in [5, 5.41) is 1.86. The van der Waals surface area contributed by atoms with Crippen molar-refractivity contribution < 1.29 is 14.3 Å². The van der Waals surface area contributed by atoms with Gasteiger partial charge < -0.3 is 14.4 Å². The third kappa shape index (κ3) is 3.01. The molecule has 0 spiro atoms. The van der Waals surface area contributed by atoms with Crippen molar-refractivity contribution in [1.29, 1.82) is 0 Å². The van der Waals surface area contributed by atoms with Crippen LogP contribution in [0.25, 0.3) is 10.8 Å². The lowest BCUT2D eigenvalue weighted by Crippen LogP contribution is -2.42. The molecule has 3 aromatic rings. The highest BCUT2D eigenvalue weighted by molar-refractivity contribution is 6.05. The van der Waals surface area contributed by atoms with E-state index in [4.69, 9.17) is 9.47 Å². The number of hydrogen-bond acceptors (Lipinski definition) is 4. The number of benzene rings is 2. The number of carbonyl (C=O) groups excluding carboxylic acids is 1. The van der Waals surface area contributed by atoms with Crippen LogP contribution in [0.1, 0.15) is 10.5 Å². The molecule has 0 radical (unpaired) electrons. The first-order valence-corrected chi connectivity index (χ1v) is 8.20. The second kappa shape index (κ2) is 6.43. The van der Waals surface area contributed by atoms with Crippen molar-refractivity contribution in [3.63, 3.8) is 0 Å². The first kappa shape index (κ1) is 15.4. The van der Waals surface area contributed by atoms with Crippen LogP contribution in [0.3, 0.4) is 0 Å². The van der Waals surface area contributed by atoms with Crippen molar-refractivity contribution in [2.24, 2.45) is 0 Å². The summed E-state index contributed by atoms with van der Waals surface area (Å²) in [7, 11) is 1.76. The zero-order valence-corrected chi connectivity index (χ0v) is 13.9. The predicted molar refractivity (Wildman–Crippen MR) is 95.1 cm³/mol. The van der Waals surface area contributed by atoms with Crippen molar-refractivity contribution >= 4 is 16.7 Å². The average Bonchev–Trinajstić information content (AvgIpc) is 2.67. The summed E-state index contributed by atoms with van der Waals surface area (Å²) in [5.74, 6) is 1.32. The third-order valence-corrected chi connectivity index (χ3v) is 4.27. The van der Waals surface area contributed by atoms with E-state index < -0.39 is 0 Å². The van der Waals surface area contributed by atoms with Gasteiger partial charge in [0, 0.05) is 18.6 Å². The molecule has 2 heterocycles. The Kier molecular flexibility index (Phi) is 3.98. The lowest BCUT2D eigenvalue weighted by Gasteiger charge is -2.29. The van der Waals surface area contributed by atoms with Gasteiger partial charge in [-0.25, -0.2) is 0 Å². The van der Waals surface area contributed by atoms with Crippen molar-refractivity contribution in [3.05, 3.63) is 66.5 Å². The zero-order chi connectivity index (χ0) is 17.2. The molecule has 1 aliphatic heterocycles. The normalized spacial score (nSPS) is 15.8. The molecule has 1 amide bonds. The van der Waals surface area contributed by atoms with Crippen LogP contribution >= 0.6 is 0 Å². The second-order valence-corrected chi connectivity index (χ2v) is 6.06. The van der Waals surface area contributed by atoms with Crippen LogP contribution in [0, 0.1) is 0 Å². The summed E-state index contributed by atoms with van der Waals surface area (Å²) >= 11 is 0. The highest BCUT2D eigenvalue weighted by Gasteiger charge is 2.25. The number of aromatic nitrogens is 1. The molecule has 5 heteroatoms. The molecule has 1 atom stereocenters. The lowest BCUT2D eigenvalue weighted by atomic mass is 10.1. The Morgan fingerprint density at radius 1 is 1.12 bits per heavy atom. The summed E-state index contributed by atoms with van der Waals surface area (Å²) in [5.41, 5.74) is 0.456. The number of nitrogens with zero attached hydrogens (tertiary/aromatic N) is 2. The number of fused-ring (bicyclic) bond motifs is 2. The van der Waals surface area contributed by atoms with E-state index in [2.05, 4.69) is 4.98 Å². The maximum atomic E-state index is 12.8. The minimum Gasteiger partial charge on any atom is -0.486 e. The number of carbonyl (C=O) groups is 1. The van der Waals surface area contributed by atoms with Gasteiger partial charge in [-0.1, -0.05) is 36.4 Å². The van der Waals surface area contributed by atoms with Gasteiger partial charge in [0.2, 0.25) is 0 Å². The molecular weight excluding hydrogens is 316 g/mol. The van der Waals surface area contributed by atoms with Gasteiger partial charge in [0.1, 0.15) is 12.3 Å². The van der Waals surface area contributed by atoms with Crippen LogP contribution in [0.2, 0.25) is 0 Å². The average molecular weight is 334 g/mol. The van der Waals surface area contributed by atoms with Crippen LogP contribution < -0.4 is 9.47 Å². The van der Waals surface area contributed by atoms with Crippen LogP contribution in [0.15, 0.2) is 60.8 Å². The summed E-state index contributed by atoms with van der Waals surface area (Å²) in [6.07, 6.45) is 1.46. The largest absolute Gasteiger partial charge is 0.486 e. The minimum absolute atomic E-state index is 0.126. The molecule has 0 aliphatic carbocycles. The van der Waals surface area contributed by atoms with E-state index in [1.807, 2.05) is 54.6 Å². The van der Waals surface area contributed by atoms with Gasteiger partial charge >= 0.3 is 0 Å². The van der Waals surface area contributed by atoms with Gasteiger partial charge in [-0.3, -0.25) is 9.78 Å². The standard InChI is InChI=1S/C20H18N2O3/c1-22(12-15-13-24-17-8-4-5-9-18(17)25-15)20(23)19-16-7-3-2-6-14(16)10-11-21-19/h2-11,15H,12-13H2,1H3. The molecule has 1 unspecified atom stereocenters. The Morgan fingerprint density at radius 2 is 1.88 bits per heavy atom. The molecule has 0 fully saturated rings. The van der Waals surface area contributed by atoms with E-state index in [0.717, 1.165) is 16.5 Å². The molecule has 0 saturated heterocycles. The number of ether oxygens (including phenoxy) is 2. The highest BCUT2D eigenvalue weighted by atomic mass is 16.6. The first-order chi connectivity index (χ1) is 12.2. The molecular formula is C20H18N2O3. The van der Waals surface area contributed by atoms with E-state index in [1.54, 1.807) is 18.1 Å². The molecule has 25 heavy (non-hydrogen) atoms. The topological polar surface area (TPSA) is 51.7 Å². The first-order valence-electron chi connectivity index (χ1n) is 8.20. The van der Waals surface area contributed by atoms with Gasteiger partial charge in [-0.15, -0.1) is 0 Å². The predicted octanol–water partition coefficient (Wildman–Crippen LogP) is 3.15.